The molecule has 3 aromatic carbocycles. The van der Waals surface area contributed by atoms with Gasteiger partial charge in [0, 0.05) is 5.69 Å². The number of hydrogen-bond acceptors (Lipinski definition) is 2. The Labute approximate surface area is 139 Å². The molecular weight excluding hydrogens is 305 g/mol. The van der Waals surface area contributed by atoms with Crippen molar-refractivity contribution >= 4 is 11.6 Å². The molecule has 0 saturated carbocycles. The number of anilines is 1. The normalized spacial score (nSPS) is 10.2. The maximum Gasteiger partial charge on any atom is 0.259 e. The van der Waals surface area contributed by atoms with Gasteiger partial charge in [-0.3, -0.25) is 4.79 Å². The highest BCUT2D eigenvalue weighted by Gasteiger charge is 2.12. The molecule has 0 aliphatic rings. The van der Waals surface area contributed by atoms with Crippen LogP contribution in [0.5, 0.6) is 5.75 Å². The molecule has 0 bridgehead atoms. The number of halogens is 1. The average Bonchev–Trinajstić information content (AvgIpc) is 2.63. The van der Waals surface area contributed by atoms with Crippen molar-refractivity contribution in [2.24, 2.45) is 0 Å². The number of ether oxygens (including phenoxy) is 1. The van der Waals surface area contributed by atoms with Gasteiger partial charge in [-0.25, -0.2) is 4.39 Å². The van der Waals surface area contributed by atoms with E-state index in [1.54, 1.807) is 18.2 Å². The first kappa shape index (κ1) is 15.7. The Kier molecular flexibility index (Phi) is 4.87. The molecule has 0 atom stereocenters. The van der Waals surface area contributed by atoms with Gasteiger partial charge in [0.15, 0.2) is 0 Å². The highest BCUT2D eigenvalue weighted by molar-refractivity contribution is 6.06. The summed E-state index contributed by atoms with van der Waals surface area (Å²) in [7, 11) is 0. The third-order valence-corrected chi connectivity index (χ3v) is 3.47. The fraction of sp³-hybridized carbons (Fsp3) is 0.0500. The van der Waals surface area contributed by atoms with Gasteiger partial charge in [-0.1, -0.05) is 42.5 Å². The predicted molar refractivity (Wildman–Crippen MR) is 91.6 cm³/mol. The minimum Gasteiger partial charge on any atom is -0.488 e. The Morgan fingerprint density at radius 3 is 2.29 bits per heavy atom. The summed E-state index contributed by atoms with van der Waals surface area (Å²) in [6.07, 6.45) is 0. The standard InChI is InChI=1S/C20H16FNO2/c21-16-10-12-17(13-11-16)22-20(23)18-8-4-5-9-19(18)24-14-15-6-2-1-3-7-15/h1-13H,14H2,(H,22,23). The second kappa shape index (κ2) is 7.42. The lowest BCUT2D eigenvalue weighted by molar-refractivity contribution is 0.102. The number of hydrogen-bond donors (Lipinski definition) is 1. The van der Waals surface area contributed by atoms with Crippen LogP contribution < -0.4 is 10.1 Å². The predicted octanol–water partition coefficient (Wildman–Crippen LogP) is 4.66. The molecule has 0 aliphatic carbocycles. The molecule has 3 nitrogen and oxygen atoms in total. The van der Waals surface area contributed by atoms with E-state index in [1.165, 1.54) is 24.3 Å². The summed E-state index contributed by atoms with van der Waals surface area (Å²) in [6, 6.07) is 22.4. The Hall–Kier alpha value is -3.14. The number of rotatable bonds is 5. The van der Waals surface area contributed by atoms with Crippen molar-refractivity contribution < 1.29 is 13.9 Å². The summed E-state index contributed by atoms with van der Waals surface area (Å²) >= 11 is 0. The lowest BCUT2D eigenvalue weighted by Gasteiger charge is -2.12. The van der Waals surface area contributed by atoms with Crippen molar-refractivity contribution in [1.29, 1.82) is 0 Å². The van der Waals surface area contributed by atoms with E-state index in [0.29, 0.717) is 23.6 Å². The third-order valence-electron chi connectivity index (χ3n) is 3.47. The van der Waals surface area contributed by atoms with Gasteiger partial charge in [-0.05, 0) is 42.0 Å². The van der Waals surface area contributed by atoms with Gasteiger partial charge in [-0.2, -0.15) is 0 Å². The first-order chi connectivity index (χ1) is 11.7. The van der Waals surface area contributed by atoms with Gasteiger partial charge in [0.2, 0.25) is 0 Å². The monoisotopic (exact) mass is 321 g/mol. The SMILES string of the molecule is O=C(Nc1ccc(F)cc1)c1ccccc1OCc1ccccc1. The van der Waals surface area contributed by atoms with Crippen LogP contribution in [-0.4, -0.2) is 5.91 Å². The molecule has 0 fully saturated rings. The largest absolute Gasteiger partial charge is 0.488 e. The topological polar surface area (TPSA) is 38.3 Å². The molecule has 120 valence electrons. The minimum absolute atomic E-state index is 0.301. The molecule has 24 heavy (non-hydrogen) atoms. The number of amides is 1. The average molecular weight is 321 g/mol. The lowest BCUT2D eigenvalue weighted by Crippen LogP contribution is -2.13. The first-order valence-corrected chi connectivity index (χ1v) is 7.55. The molecule has 0 aliphatic heterocycles. The Bertz CT molecular complexity index is 817. The Balaban J connectivity index is 1.73. The first-order valence-electron chi connectivity index (χ1n) is 7.55. The maximum atomic E-state index is 12.9. The van der Waals surface area contributed by atoms with Gasteiger partial charge in [0.05, 0.1) is 5.56 Å². The molecule has 4 heteroatoms. The van der Waals surface area contributed by atoms with Gasteiger partial charge in [-0.15, -0.1) is 0 Å². The van der Waals surface area contributed by atoms with Crippen LogP contribution in [0.25, 0.3) is 0 Å². The molecule has 0 spiro atoms. The van der Waals surface area contributed by atoms with Crippen LogP contribution in [-0.2, 0) is 6.61 Å². The summed E-state index contributed by atoms with van der Waals surface area (Å²) in [5, 5.41) is 2.74. The van der Waals surface area contributed by atoms with Crippen molar-refractivity contribution in [2.75, 3.05) is 5.32 Å². The number of nitrogens with one attached hydrogen (secondary N) is 1. The zero-order chi connectivity index (χ0) is 16.8. The van der Waals surface area contributed by atoms with Crippen LogP contribution in [0.4, 0.5) is 10.1 Å². The quantitative estimate of drug-likeness (QED) is 0.742. The fourth-order valence-corrected chi connectivity index (χ4v) is 2.25. The van der Waals surface area contributed by atoms with E-state index >= 15 is 0 Å². The van der Waals surface area contributed by atoms with Crippen LogP contribution >= 0.6 is 0 Å². The van der Waals surface area contributed by atoms with E-state index in [-0.39, 0.29) is 11.7 Å². The second-order valence-electron chi connectivity index (χ2n) is 5.23. The molecule has 0 heterocycles. The number of carbonyl (C=O) groups is 1. The van der Waals surface area contributed by atoms with Crippen LogP contribution in [0.15, 0.2) is 78.9 Å². The molecule has 1 amide bonds. The lowest BCUT2D eigenvalue weighted by atomic mass is 10.1. The zero-order valence-corrected chi connectivity index (χ0v) is 12.9. The summed E-state index contributed by atoms with van der Waals surface area (Å²) in [4.78, 5) is 12.4. The molecular formula is C20H16FNO2. The Morgan fingerprint density at radius 1 is 0.875 bits per heavy atom. The summed E-state index contributed by atoms with van der Waals surface area (Å²) in [5.74, 6) is -0.147. The van der Waals surface area contributed by atoms with Crippen molar-refractivity contribution in [3.05, 3.63) is 95.8 Å². The van der Waals surface area contributed by atoms with Gasteiger partial charge in [0.1, 0.15) is 18.2 Å². The van der Waals surface area contributed by atoms with Gasteiger partial charge in [0.25, 0.3) is 5.91 Å². The van der Waals surface area contributed by atoms with Crippen LogP contribution in [0.3, 0.4) is 0 Å². The summed E-state index contributed by atoms with van der Waals surface area (Å²) in [5.41, 5.74) is 1.98. The molecule has 3 aromatic rings. The van der Waals surface area contributed by atoms with Crippen LogP contribution in [0, 0.1) is 5.82 Å². The van der Waals surface area contributed by atoms with E-state index in [0.717, 1.165) is 5.56 Å². The molecule has 1 N–H and O–H groups in total. The van der Waals surface area contributed by atoms with E-state index < -0.39 is 0 Å². The van der Waals surface area contributed by atoms with Gasteiger partial charge >= 0.3 is 0 Å². The van der Waals surface area contributed by atoms with E-state index in [1.807, 2.05) is 36.4 Å². The second-order valence-corrected chi connectivity index (χ2v) is 5.23. The number of benzene rings is 3. The Morgan fingerprint density at radius 2 is 1.54 bits per heavy atom. The minimum atomic E-state index is -0.348. The summed E-state index contributed by atoms with van der Waals surface area (Å²) < 4.78 is 18.7. The number of para-hydroxylation sites is 1. The highest BCUT2D eigenvalue weighted by Crippen LogP contribution is 2.21. The van der Waals surface area contributed by atoms with Crippen molar-refractivity contribution in [3.8, 4) is 5.75 Å². The summed E-state index contributed by atoms with van der Waals surface area (Å²) in [6.45, 7) is 0.377. The third kappa shape index (κ3) is 3.98. The molecule has 0 saturated heterocycles. The molecule has 0 radical (unpaired) electrons. The smallest absolute Gasteiger partial charge is 0.259 e. The van der Waals surface area contributed by atoms with Crippen molar-refractivity contribution in [2.45, 2.75) is 6.61 Å². The van der Waals surface area contributed by atoms with Crippen molar-refractivity contribution in [1.82, 2.24) is 0 Å². The van der Waals surface area contributed by atoms with E-state index in [2.05, 4.69) is 5.32 Å². The van der Waals surface area contributed by atoms with E-state index in [9.17, 15) is 9.18 Å². The zero-order valence-electron chi connectivity index (χ0n) is 12.9. The van der Waals surface area contributed by atoms with E-state index in [4.69, 9.17) is 4.74 Å². The number of carbonyl (C=O) groups excluding carboxylic acids is 1. The fourth-order valence-electron chi connectivity index (χ4n) is 2.25. The highest BCUT2D eigenvalue weighted by atomic mass is 19.1. The van der Waals surface area contributed by atoms with Crippen LogP contribution in [0.1, 0.15) is 15.9 Å². The molecule has 3 rings (SSSR count). The molecule has 0 aromatic heterocycles. The maximum absolute atomic E-state index is 12.9. The van der Waals surface area contributed by atoms with Crippen molar-refractivity contribution in [3.63, 3.8) is 0 Å². The van der Waals surface area contributed by atoms with Crippen LogP contribution in [0.2, 0.25) is 0 Å². The van der Waals surface area contributed by atoms with Gasteiger partial charge < -0.3 is 10.1 Å². The molecule has 0 unspecified atom stereocenters.